The minimum atomic E-state index is -1.10. The van der Waals surface area contributed by atoms with E-state index in [2.05, 4.69) is 15.7 Å². The lowest BCUT2D eigenvalue weighted by atomic mass is 10.0. The zero-order chi connectivity index (χ0) is 39.0. The number of nitrogens with zero attached hydrogens (tertiary/aromatic N) is 4. The first-order chi connectivity index (χ1) is 26.4. The molecule has 3 aliphatic heterocycles. The molecular formula is C37H34F2N8O8. The third kappa shape index (κ3) is 7.12. The lowest BCUT2D eigenvalue weighted by Crippen LogP contribution is -2.54. The monoisotopic (exact) mass is 756 g/mol. The normalized spacial score (nSPS) is 18.2. The molecule has 0 radical (unpaired) electrons. The Hall–Kier alpha value is -6.85. The highest BCUT2D eigenvalue weighted by Gasteiger charge is 2.45. The highest BCUT2D eigenvalue weighted by molar-refractivity contribution is 6.25. The molecule has 0 saturated carbocycles. The minimum Gasteiger partial charge on any atom is -0.454 e. The largest absolute Gasteiger partial charge is 0.454 e. The third-order valence-corrected chi connectivity index (χ3v) is 9.56. The van der Waals surface area contributed by atoms with Gasteiger partial charge in [0, 0.05) is 43.4 Å². The number of aromatic nitrogens is 2. The number of carbonyl (C=O) groups is 6. The van der Waals surface area contributed by atoms with Crippen LogP contribution in [0.5, 0.6) is 11.5 Å². The average molecular weight is 757 g/mol. The summed E-state index contributed by atoms with van der Waals surface area (Å²) in [6, 6.07) is 12.3. The molecule has 2 unspecified atom stereocenters. The van der Waals surface area contributed by atoms with E-state index in [-0.39, 0.29) is 72.2 Å². The highest BCUT2D eigenvalue weighted by atomic mass is 19.1. The number of rotatable bonds is 10. The number of nitrogen functional groups attached to an aromatic ring is 1. The molecule has 284 valence electrons. The molecule has 7 rings (SSSR count). The Morgan fingerprint density at radius 3 is 2.51 bits per heavy atom. The van der Waals surface area contributed by atoms with Crippen LogP contribution in [0.4, 0.5) is 25.1 Å². The lowest BCUT2D eigenvalue weighted by molar-refractivity contribution is -0.136. The maximum absolute atomic E-state index is 14.1. The SMILES string of the molecule is NC(=O)c1c(-c2ccc(Oc3ccc(F)cc3F)cc2)nn(C2CCCN(C(=O)OCCNc3cccc4c3C(=O)N(C3CCC(=O)NC3=O)C4=O)C2)c1N. The molecule has 55 heavy (non-hydrogen) atoms. The lowest BCUT2D eigenvalue weighted by Gasteiger charge is -2.32. The Balaban J connectivity index is 0.974. The number of likely N-dealkylation sites (tertiary alicyclic amines) is 1. The van der Waals surface area contributed by atoms with Gasteiger partial charge in [-0.2, -0.15) is 5.10 Å². The number of nitrogens with one attached hydrogen (secondary N) is 2. The number of amides is 6. The van der Waals surface area contributed by atoms with Crippen molar-refractivity contribution in [3.8, 4) is 22.8 Å². The van der Waals surface area contributed by atoms with Crippen molar-refractivity contribution in [3.05, 3.63) is 89.0 Å². The van der Waals surface area contributed by atoms with Crippen LogP contribution in [0, 0.1) is 11.6 Å². The summed E-state index contributed by atoms with van der Waals surface area (Å²) in [5.41, 5.74) is 13.3. The summed E-state index contributed by atoms with van der Waals surface area (Å²) in [7, 11) is 0. The van der Waals surface area contributed by atoms with Gasteiger partial charge in [0.2, 0.25) is 11.8 Å². The van der Waals surface area contributed by atoms with Gasteiger partial charge in [0.15, 0.2) is 11.6 Å². The number of piperidine rings is 2. The number of ether oxygens (including phenoxy) is 2. The first kappa shape index (κ1) is 36.5. The summed E-state index contributed by atoms with van der Waals surface area (Å²) >= 11 is 0. The first-order valence-corrected chi connectivity index (χ1v) is 17.3. The predicted molar refractivity (Wildman–Crippen MR) is 190 cm³/mol. The van der Waals surface area contributed by atoms with Crippen LogP contribution >= 0.6 is 0 Å². The van der Waals surface area contributed by atoms with Crippen molar-refractivity contribution >= 4 is 47.1 Å². The van der Waals surface area contributed by atoms with E-state index < -0.39 is 59.3 Å². The van der Waals surface area contributed by atoms with Crippen LogP contribution in [0.15, 0.2) is 60.7 Å². The first-order valence-electron chi connectivity index (χ1n) is 17.3. The fourth-order valence-electron chi connectivity index (χ4n) is 6.93. The summed E-state index contributed by atoms with van der Waals surface area (Å²) in [5, 5.41) is 9.81. The number of fused-ring (bicyclic) bond motifs is 1. The van der Waals surface area contributed by atoms with Crippen LogP contribution in [0.1, 0.15) is 62.8 Å². The van der Waals surface area contributed by atoms with Crippen LogP contribution < -0.4 is 26.8 Å². The highest BCUT2D eigenvalue weighted by Crippen LogP contribution is 2.35. The smallest absolute Gasteiger partial charge is 0.409 e. The third-order valence-electron chi connectivity index (χ3n) is 9.56. The standard InChI is InChI=1S/C37H34F2N8O8/c38-20-8-12-27(24(39)17-20)55-22-9-6-19(7-10-22)31-30(33(41)49)32(40)47(44-31)21-3-2-15-45(18-21)37(53)54-16-14-42-25-5-1-4-23-29(25)36(52)46(35(23)51)26-11-13-28(48)43-34(26)50/h1,4-10,12,17,21,26,42H,2-3,11,13-16,18,40H2,(H2,41,49)(H,43,48,50). The van der Waals surface area contributed by atoms with Gasteiger partial charge in [0.1, 0.15) is 41.3 Å². The van der Waals surface area contributed by atoms with E-state index in [9.17, 15) is 37.5 Å². The summed E-state index contributed by atoms with van der Waals surface area (Å²) in [5.74, 6) is -4.83. The average Bonchev–Trinajstić information content (AvgIpc) is 3.64. The van der Waals surface area contributed by atoms with Gasteiger partial charge in [-0.15, -0.1) is 0 Å². The number of benzene rings is 3. The van der Waals surface area contributed by atoms with E-state index in [1.807, 2.05) is 0 Å². The molecule has 16 nitrogen and oxygen atoms in total. The van der Waals surface area contributed by atoms with E-state index in [0.29, 0.717) is 36.7 Å². The Bertz CT molecular complexity index is 2240. The van der Waals surface area contributed by atoms with Crippen molar-refractivity contribution in [3.63, 3.8) is 0 Å². The van der Waals surface area contributed by atoms with Gasteiger partial charge < -0.3 is 31.2 Å². The van der Waals surface area contributed by atoms with Crippen LogP contribution in [0.3, 0.4) is 0 Å². The maximum Gasteiger partial charge on any atom is 0.409 e. The second kappa shape index (κ2) is 14.9. The number of hydrogen-bond acceptors (Lipinski definition) is 11. The van der Waals surface area contributed by atoms with Crippen molar-refractivity contribution in [1.82, 2.24) is 24.9 Å². The summed E-state index contributed by atoms with van der Waals surface area (Å²) < 4.78 is 39.9. The van der Waals surface area contributed by atoms with Crippen LogP contribution in [-0.4, -0.2) is 87.5 Å². The van der Waals surface area contributed by atoms with Gasteiger partial charge in [-0.1, -0.05) is 6.07 Å². The molecule has 1 aromatic heterocycles. The Morgan fingerprint density at radius 2 is 1.78 bits per heavy atom. The molecule has 0 bridgehead atoms. The second-order valence-corrected chi connectivity index (χ2v) is 13.1. The quantitative estimate of drug-likeness (QED) is 0.135. The zero-order valence-corrected chi connectivity index (χ0v) is 29.1. The molecule has 0 spiro atoms. The van der Waals surface area contributed by atoms with E-state index in [0.717, 1.165) is 17.0 Å². The maximum atomic E-state index is 14.1. The summed E-state index contributed by atoms with van der Waals surface area (Å²) in [4.78, 5) is 78.5. The molecule has 3 aliphatic rings. The van der Waals surface area contributed by atoms with Crippen molar-refractivity contribution < 1.29 is 47.0 Å². The van der Waals surface area contributed by atoms with E-state index in [1.165, 1.54) is 27.8 Å². The fraction of sp³-hybridized carbons (Fsp3) is 0.270. The molecule has 2 fully saturated rings. The second-order valence-electron chi connectivity index (χ2n) is 13.1. The minimum absolute atomic E-state index is 0.000260. The Labute approximate surface area is 311 Å². The predicted octanol–water partition coefficient (Wildman–Crippen LogP) is 3.59. The molecule has 4 heterocycles. The summed E-state index contributed by atoms with van der Waals surface area (Å²) in [6.07, 6.45) is 0.559. The number of hydrogen-bond donors (Lipinski definition) is 4. The van der Waals surface area contributed by atoms with Gasteiger partial charge in [0.05, 0.1) is 17.2 Å². The van der Waals surface area contributed by atoms with Gasteiger partial charge in [-0.3, -0.25) is 34.2 Å². The number of carbonyl (C=O) groups excluding carboxylic acids is 6. The van der Waals surface area contributed by atoms with Crippen molar-refractivity contribution in [2.24, 2.45) is 5.73 Å². The molecule has 4 aromatic rings. The topological polar surface area (TPSA) is 221 Å². The number of imide groups is 2. The molecule has 18 heteroatoms. The van der Waals surface area contributed by atoms with E-state index in [1.54, 1.807) is 24.3 Å². The molecule has 3 aromatic carbocycles. The summed E-state index contributed by atoms with van der Waals surface area (Å²) in [6.45, 7) is 0.523. The molecule has 6 amide bonds. The van der Waals surface area contributed by atoms with E-state index >= 15 is 0 Å². The Kier molecular flexibility index (Phi) is 9.88. The van der Waals surface area contributed by atoms with Crippen molar-refractivity contribution in [2.75, 3.05) is 37.3 Å². The molecule has 0 aliphatic carbocycles. The number of nitrogens with two attached hydrogens (primary N) is 2. The molecular weight excluding hydrogens is 722 g/mol. The van der Waals surface area contributed by atoms with E-state index in [4.69, 9.17) is 20.9 Å². The van der Waals surface area contributed by atoms with Crippen LogP contribution in [0.2, 0.25) is 0 Å². The number of primary amides is 1. The van der Waals surface area contributed by atoms with Crippen LogP contribution in [0.25, 0.3) is 11.3 Å². The van der Waals surface area contributed by atoms with Gasteiger partial charge in [-0.25, -0.2) is 18.3 Å². The molecule has 2 saturated heterocycles. The Morgan fingerprint density at radius 1 is 1.00 bits per heavy atom. The zero-order valence-electron chi connectivity index (χ0n) is 29.1. The molecule has 2 atom stereocenters. The number of halogens is 2. The number of anilines is 2. The van der Waals surface area contributed by atoms with Crippen LogP contribution in [-0.2, 0) is 14.3 Å². The van der Waals surface area contributed by atoms with Crippen molar-refractivity contribution in [1.29, 1.82) is 0 Å². The fourth-order valence-corrected chi connectivity index (χ4v) is 6.93. The van der Waals surface area contributed by atoms with Gasteiger partial charge >= 0.3 is 6.09 Å². The molecule has 6 N–H and O–H groups in total. The van der Waals surface area contributed by atoms with Gasteiger partial charge in [0.25, 0.3) is 17.7 Å². The van der Waals surface area contributed by atoms with Gasteiger partial charge in [-0.05, 0) is 67.8 Å². The van der Waals surface area contributed by atoms with Crippen molar-refractivity contribution in [2.45, 2.75) is 37.8 Å².